The van der Waals surface area contributed by atoms with E-state index in [4.69, 9.17) is 19.3 Å². The van der Waals surface area contributed by atoms with Gasteiger partial charge in [0.1, 0.15) is 0 Å². The van der Waals surface area contributed by atoms with Gasteiger partial charge in [-0.15, -0.1) is 0 Å². The number of carbonyl (C=O) groups is 3. The van der Waals surface area contributed by atoms with Crippen LogP contribution in [-0.4, -0.2) is 61.6 Å². The zero-order valence-corrected chi connectivity index (χ0v) is 15.1. The monoisotopic (exact) mass is 365 g/mol. The zero-order valence-electron chi connectivity index (χ0n) is 15.1. The lowest BCUT2D eigenvalue weighted by Gasteiger charge is -2.34. The molecule has 1 atom stereocenters. The molecule has 8 heteroatoms. The third-order valence-electron chi connectivity index (χ3n) is 4.42. The number of methoxy groups -OCH3 is 3. The topological polar surface area (TPSA) is 102 Å². The van der Waals surface area contributed by atoms with E-state index in [2.05, 4.69) is 0 Å². The van der Waals surface area contributed by atoms with Crippen LogP contribution in [0.5, 0.6) is 17.2 Å². The number of rotatable bonds is 7. The zero-order chi connectivity index (χ0) is 19.3. The molecule has 0 aromatic heterocycles. The van der Waals surface area contributed by atoms with Crippen molar-refractivity contribution < 1.29 is 33.7 Å². The van der Waals surface area contributed by atoms with E-state index in [9.17, 15) is 14.4 Å². The van der Waals surface area contributed by atoms with Gasteiger partial charge in [0.05, 0.1) is 27.8 Å². The Labute approximate surface area is 151 Å². The Morgan fingerprint density at radius 1 is 1.08 bits per heavy atom. The second-order valence-corrected chi connectivity index (χ2v) is 5.99. The van der Waals surface area contributed by atoms with E-state index in [1.807, 2.05) is 0 Å². The summed E-state index contributed by atoms with van der Waals surface area (Å²) in [4.78, 5) is 37.8. The van der Waals surface area contributed by atoms with Crippen LogP contribution >= 0.6 is 0 Å². The van der Waals surface area contributed by atoms with Gasteiger partial charge in [0, 0.05) is 18.2 Å². The van der Waals surface area contributed by atoms with Gasteiger partial charge in [-0.3, -0.25) is 14.4 Å². The molecule has 0 spiro atoms. The van der Waals surface area contributed by atoms with Gasteiger partial charge in [-0.2, -0.15) is 0 Å². The first kappa shape index (κ1) is 19.6. The molecule has 0 radical (unpaired) electrons. The number of benzene rings is 1. The summed E-state index contributed by atoms with van der Waals surface area (Å²) in [6, 6.07) is 2.36. The van der Waals surface area contributed by atoms with Crippen LogP contribution in [0.1, 0.15) is 36.0 Å². The molecule has 26 heavy (non-hydrogen) atoms. The third kappa shape index (κ3) is 4.07. The van der Waals surface area contributed by atoms with Crippen LogP contribution < -0.4 is 14.2 Å². The van der Waals surface area contributed by atoms with Crippen molar-refractivity contribution in [1.29, 1.82) is 0 Å². The summed E-state index contributed by atoms with van der Waals surface area (Å²) in [7, 11) is 4.28. The predicted octanol–water partition coefficient (Wildman–Crippen LogP) is 1.75. The number of ketones is 1. The lowest BCUT2D eigenvalue weighted by molar-refractivity contribution is -0.140. The number of amides is 1. The maximum atomic E-state index is 12.7. The largest absolute Gasteiger partial charge is 0.493 e. The molecule has 8 nitrogen and oxygen atoms in total. The molecular formula is C18H23NO7. The van der Waals surface area contributed by atoms with Gasteiger partial charge in [0.15, 0.2) is 11.5 Å². The summed E-state index contributed by atoms with van der Waals surface area (Å²) in [5.74, 6) is -1.59. The standard InChI is InChI=1S/C18H23NO7/c1-24-13-8-11(9-14(25-2)17(13)26-3)16(22)18(23)19-7-5-4-6-12(19)10-15(20)21/h8-9,12H,4-7,10H2,1-3H3,(H,20,21). The highest BCUT2D eigenvalue weighted by atomic mass is 16.5. The number of piperidine rings is 1. The lowest BCUT2D eigenvalue weighted by atomic mass is 9.97. The Morgan fingerprint density at radius 2 is 1.69 bits per heavy atom. The van der Waals surface area contributed by atoms with E-state index < -0.39 is 23.7 Å². The number of carboxylic acids is 1. The summed E-state index contributed by atoms with van der Waals surface area (Å²) < 4.78 is 15.6. The number of nitrogens with zero attached hydrogens (tertiary/aromatic N) is 1. The minimum atomic E-state index is -0.991. The van der Waals surface area contributed by atoms with Gasteiger partial charge in [0.2, 0.25) is 5.75 Å². The number of hydrogen-bond acceptors (Lipinski definition) is 6. The quantitative estimate of drug-likeness (QED) is 0.580. The fourth-order valence-electron chi connectivity index (χ4n) is 3.15. The fraction of sp³-hybridized carbons (Fsp3) is 0.500. The van der Waals surface area contributed by atoms with Crippen molar-refractivity contribution in [2.45, 2.75) is 31.7 Å². The van der Waals surface area contributed by atoms with Crippen molar-refractivity contribution in [3.05, 3.63) is 17.7 Å². The molecule has 2 rings (SSSR count). The van der Waals surface area contributed by atoms with Crippen molar-refractivity contribution in [2.24, 2.45) is 0 Å². The smallest absolute Gasteiger partial charge is 0.305 e. The first-order chi connectivity index (χ1) is 12.4. The lowest BCUT2D eigenvalue weighted by Crippen LogP contribution is -2.47. The van der Waals surface area contributed by atoms with Crippen molar-refractivity contribution >= 4 is 17.7 Å². The highest BCUT2D eigenvalue weighted by Gasteiger charge is 2.33. The fourth-order valence-corrected chi connectivity index (χ4v) is 3.15. The van der Waals surface area contributed by atoms with Crippen molar-refractivity contribution in [1.82, 2.24) is 4.90 Å². The molecule has 0 saturated carbocycles. The molecule has 1 unspecified atom stereocenters. The molecule has 1 aliphatic heterocycles. The van der Waals surface area contributed by atoms with Crippen LogP contribution in [0.4, 0.5) is 0 Å². The van der Waals surface area contributed by atoms with E-state index in [1.165, 1.54) is 38.4 Å². The minimum Gasteiger partial charge on any atom is -0.493 e. The molecular weight excluding hydrogens is 342 g/mol. The van der Waals surface area contributed by atoms with Crippen LogP contribution in [0.15, 0.2) is 12.1 Å². The molecule has 0 bridgehead atoms. The van der Waals surface area contributed by atoms with Crippen LogP contribution in [0.25, 0.3) is 0 Å². The number of carboxylic acid groups (broad SMARTS) is 1. The average Bonchev–Trinajstić information content (AvgIpc) is 2.65. The van der Waals surface area contributed by atoms with E-state index in [0.717, 1.165) is 12.8 Å². The van der Waals surface area contributed by atoms with Gasteiger partial charge in [0.25, 0.3) is 11.7 Å². The van der Waals surface area contributed by atoms with Gasteiger partial charge >= 0.3 is 5.97 Å². The summed E-state index contributed by atoms with van der Waals surface area (Å²) in [5.41, 5.74) is 0.101. The molecule has 1 aromatic carbocycles. The first-order valence-electron chi connectivity index (χ1n) is 8.30. The average molecular weight is 365 g/mol. The number of ether oxygens (including phenoxy) is 3. The van der Waals surface area contributed by atoms with Gasteiger partial charge in [-0.25, -0.2) is 0 Å². The second-order valence-electron chi connectivity index (χ2n) is 5.99. The maximum absolute atomic E-state index is 12.7. The summed E-state index contributed by atoms with van der Waals surface area (Å²) >= 11 is 0. The minimum absolute atomic E-state index is 0.101. The Hall–Kier alpha value is -2.77. The molecule has 1 amide bonds. The Kier molecular flexibility index (Phi) is 6.43. The second kappa shape index (κ2) is 8.55. The number of hydrogen-bond donors (Lipinski definition) is 1. The molecule has 0 aliphatic carbocycles. The Bertz CT molecular complexity index is 676. The number of aliphatic carboxylic acids is 1. The molecule has 1 N–H and O–H groups in total. The van der Waals surface area contributed by atoms with Gasteiger partial charge < -0.3 is 24.2 Å². The predicted molar refractivity (Wildman–Crippen MR) is 92.0 cm³/mol. The van der Waals surface area contributed by atoms with Gasteiger partial charge in [-0.05, 0) is 31.4 Å². The first-order valence-corrected chi connectivity index (χ1v) is 8.30. The van der Waals surface area contributed by atoms with Crippen LogP contribution in [0, 0.1) is 0 Å². The van der Waals surface area contributed by atoms with Crippen LogP contribution in [-0.2, 0) is 9.59 Å². The number of carbonyl (C=O) groups excluding carboxylic acids is 2. The highest BCUT2D eigenvalue weighted by Crippen LogP contribution is 2.38. The third-order valence-corrected chi connectivity index (χ3v) is 4.42. The van der Waals surface area contributed by atoms with Crippen molar-refractivity contribution in [3.63, 3.8) is 0 Å². The summed E-state index contributed by atoms with van der Waals surface area (Å²) in [6.45, 7) is 0.368. The SMILES string of the molecule is COc1cc(C(=O)C(=O)N2CCCCC2CC(=O)O)cc(OC)c1OC. The van der Waals surface area contributed by atoms with Crippen molar-refractivity contribution in [2.75, 3.05) is 27.9 Å². The Balaban J connectivity index is 2.32. The normalized spacial score (nSPS) is 16.7. The molecule has 1 aromatic rings. The molecule has 1 fully saturated rings. The molecule has 142 valence electrons. The van der Waals surface area contributed by atoms with E-state index in [-0.39, 0.29) is 23.5 Å². The highest BCUT2D eigenvalue weighted by molar-refractivity contribution is 6.43. The molecule has 1 heterocycles. The van der Waals surface area contributed by atoms with E-state index >= 15 is 0 Å². The van der Waals surface area contributed by atoms with Gasteiger partial charge in [-0.1, -0.05) is 0 Å². The maximum Gasteiger partial charge on any atom is 0.305 e. The molecule has 1 saturated heterocycles. The van der Waals surface area contributed by atoms with E-state index in [0.29, 0.717) is 18.7 Å². The van der Waals surface area contributed by atoms with Crippen LogP contribution in [0.3, 0.4) is 0 Å². The van der Waals surface area contributed by atoms with E-state index in [1.54, 1.807) is 0 Å². The summed E-state index contributed by atoms with van der Waals surface area (Å²) in [5, 5.41) is 9.05. The number of Topliss-reactive ketones (excluding diaryl/α,β-unsaturated/α-hetero) is 1. The molecule has 1 aliphatic rings. The summed E-state index contributed by atoms with van der Waals surface area (Å²) in [6.07, 6.45) is 1.97. The number of likely N-dealkylation sites (tertiary alicyclic amines) is 1. The Morgan fingerprint density at radius 3 is 2.19 bits per heavy atom. The van der Waals surface area contributed by atoms with Crippen LogP contribution in [0.2, 0.25) is 0 Å². The van der Waals surface area contributed by atoms with Crippen molar-refractivity contribution in [3.8, 4) is 17.2 Å².